The van der Waals surface area contributed by atoms with Crippen LogP contribution < -0.4 is 10.2 Å². The van der Waals surface area contributed by atoms with Crippen molar-refractivity contribution in [1.82, 2.24) is 34.8 Å². The summed E-state index contributed by atoms with van der Waals surface area (Å²) in [5, 5.41) is 12.9. The van der Waals surface area contributed by atoms with E-state index in [4.69, 9.17) is 16.6 Å². The summed E-state index contributed by atoms with van der Waals surface area (Å²) in [6.45, 7) is 11.2. The van der Waals surface area contributed by atoms with E-state index in [1.807, 2.05) is 42.2 Å². The Balaban J connectivity index is 0.840. The third-order valence-corrected chi connectivity index (χ3v) is 13.2. The third kappa shape index (κ3) is 6.12. The molecule has 0 saturated carbocycles. The van der Waals surface area contributed by atoms with Gasteiger partial charge < -0.3 is 9.80 Å². The summed E-state index contributed by atoms with van der Waals surface area (Å²) in [6.07, 6.45) is 0.371. The van der Waals surface area contributed by atoms with Crippen LogP contribution in [-0.2, 0) is 14.4 Å². The number of carbonyl (C=O) groups excluding carboxylic acids is 5. The predicted octanol–water partition coefficient (Wildman–Crippen LogP) is 3.87. The molecule has 5 aliphatic heterocycles. The zero-order valence-electron chi connectivity index (χ0n) is 31.2. The van der Waals surface area contributed by atoms with Gasteiger partial charge in [-0.25, -0.2) is 0 Å². The number of hydrogen-bond acceptors (Lipinski definition) is 11. The van der Waals surface area contributed by atoms with E-state index in [0.717, 1.165) is 57.8 Å². The lowest BCUT2D eigenvalue weighted by Crippen LogP contribution is -2.56. The number of halogens is 1. The Bertz CT molecular complexity index is 2360. The molecule has 5 amide bonds. The van der Waals surface area contributed by atoms with Crippen molar-refractivity contribution in [2.24, 2.45) is 10.9 Å². The topological polar surface area (TPSA) is 153 Å². The number of hydrogen-bond donors (Lipinski definition) is 1. The van der Waals surface area contributed by atoms with Crippen molar-refractivity contribution < 1.29 is 24.0 Å². The summed E-state index contributed by atoms with van der Waals surface area (Å²) in [4.78, 5) is 79.0. The number of nitrogens with one attached hydrogen (secondary N) is 1. The molecule has 3 saturated heterocycles. The van der Waals surface area contributed by atoms with Gasteiger partial charge in [-0.05, 0) is 57.0 Å². The molecule has 7 heterocycles. The van der Waals surface area contributed by atoms with E-state index in [-0.39, 0.29) is 30.7 Å². The smallest absolute Gasteiger partial charge is 0.264 e. The van der Waals surface area contributed by atoms with Gasteiger partial charge in [0.15, 0.2) is 5.82 Å². The minimum Gasteiger partial charge on any atom is -0.368 e. The number of rotatable bonds is 7. The zero-order valence-corrected chi connectivity index (χ0v) is 32.8. The van der Waals surface area contributed by atoms with Crippen molar-refractivity contribution in [3.05, 3.63) is 91.8 Å². The first-order valence-electron chi connectivity index (χ1n) is 18.9. The van der Waals surface area contributed by atoms with Gasteiger partial charge in [0.1, 0.15) is 22.9 Å². The summed E-state index contributed by atoms with van der Waals surface area (Å²) in [5.74, 6) is -0.244. The molecule has 1 unspecified atom stereocenters. The molecule has 0 bridgehead atoms. The molecule has 14 nitrogen and oxygen atoms in total. The maximum Gasteiger partial charge on any atom is 0.264 e. The average molecular weight is 794 g/mol. The van der Waals surface area contributed by atoms with Gasteiger partial charge in [-0.1, -0.05) is 29.8 Å². The number of thiophene rings is 1. The van der Waals surface area contributed by atoms with E-state index in [2.05, 4.69) is 43.7 Å². The van der Waals surface area contributed by atoms with Crippen LogP contribution in [0.3, 0.4) is 0 Å². The lowest BCUT2D eigenvalue weighted by Gasteiger charge is -2.44. The monoisotopic (exact) mass is 793 g/mol. The Hall–Kier alpha value is -5.25. The Labute approximate surface area is 332 Å². The van der Waals surface area contributed by atoms with Gasteiger partial charge in [-0.2, -0.15) is 0 Å². The molecule has 2 atom stereocenters. The second-order valence-corrected chi connectivity index (χ2v) is 16.8. The van der Waals surface area contributed by atoms with Crippen molar-refractivity contribution in [3.63, 3.8) is 0 Å². The first-order chi connectivity index (χ1) is 27.0. The second kappa shape index (κ2) is 14.0. The fourth-order valence-corrected chi connectivity index (χ4v) is 9.95. The van der Waals surface area contributed by atoms with Gasteiger partial charge in [0.25, 0.3) is 11.8 Å². The standard InChI is InChI=1S/C40H40ClN9O5S/c1-21-22(2)56-40-33(21)35(25-7-9-26(41)10-8-25)42-28(36-45-44-23(3)49(36)40)17-32(52)48-19-24(20-48)18-46-13-15-47(16-14-46)29-6-4-5-27-34(29)39(55)50(38(27)54)30-11-12-31(51)43-37(30)53/h4-10,24,28,30H,11-20H2,1-3H3,(H,43,51,53)/t28-,30?/m0/s1. The van der Waals surface area contributed by atoms with Gasteiger partial charge in [0, 0.05) is 79.2 Å². The van der Waals surface area contributed by atoms with E-state index in [9.17, 15) is 24.0 Å². The van der Waals surface area contributed by atoms with Crippen LogP contribution in [0.15, 0.2) is 47.5 Å². The van der Waals surface area contributed by atoms with Crippen molar-refractivity contribution in [1.29, 1.82) is 0 Å². The van der Waals surface area contributed by atoms with Crippen molar-refractivity contribution in [3.8, 4) is 5.00 Å². The highest BCUT2D eigenvalue weighted by Crippen LogP contribution is 2.40. The molecule has 288 valence electrons. The number of anilines is 1. The molecule has 0 aliphatic carbocycles. The summed E-state index contributed by atoms with van der Waals surface area (Å²) < 4.78 is 2.06. The molecule has 0 spiro atoms. The van der Waals surface area contributed by atoms with Crippen LogP contribution in [0.4, 0.5) is 5.69 Å². The van der Waals surface area contributed by atoms with Gasteiger partial charge >= 0.3 is 0 Å². The number of aliphatic imine (C=N–C) groups is 1. The molecule has 16 heteroatoms. The highest BCUT2D eigenvalue weighted by atomic mass is 35.5. The van der Waals surface area contributed by atoms with Gasteiger partial charge in [0.05, 0.1) is 28.9 Å². The average Bonchev–Trinajstić information content (AvgIpc) is 3.74. The Kier molecular flexibility index (Phi) is 9.13. The normalized spacial score (nSPS) is 21.4. The number of amides is 5. The van der Waals surface area contributed by atoms with Gasteiger partial charge in [0.2, 0.25) is 17.7 Å². The number of imide groups is 2. The van der Waals surface area contributed by atoms with Crippen LogP contribution in [0.2, 0.25) is 5.02 Å². The quantitative estimate of drug-likeness (QED) is 0.275. The third-order valence-electron chi connectivity index (χ3n) is 11.7. The second-order valence-electron chi connectivity index (χ2n) is 15.2. The first kappa shape index (κ1) is 36.4. The number of aryl methyl sites for hydroxylation is 2. The zero-order chi connectivity index (χ0) is 39.0. The minimum atomic E-state index is -1.00. The molecular weight excluding hydrogens is 754 g/mol. The molecule has 2 aromatic heterocycles. The Morgan fingerprint density at radius 2 is 1.68 bits per heavy atom. The first-order valence-corrected chi connectivity index (χ1v) is 20.1. The molecule has 56 heavy (non-hydrogen) atoms. The van der Waals surface area contributed by atoms with Gasteiger partial charge in [-0.3, -0.25) is 48.6 Å². The number of likely N-dealkylation sites (tertiary alicyclic amines) is 1. The molecule has 1 N–H and O–H groups in total. The number of fused-ring (bicyclic) bond motifs is 4. The highest BCUT2D eigenvalue weighted by Gasteiger charge is 2.46. The number of nitrogens with zero attached hydrogens (tertiary/aromatic N) is 8. The van der Waals surface area contributed by atoms with Crippen LogP contribution in [0, 0.1) is 26.7 Å². The molecule has 0 radical (unpaired) electrons. The fraction of sp³-hybridized carbons (Fsp3) is 0.400. The fourth-order valence-electron chi connectivity index (χ4n) is 8.61. The molecular formula is C40H40ClN9O5S. The maximum absolute atomic E-state index is 13.9. The van der Waals surface area contributed by atoms with Crippen LogP contribution in [0.1, 0.15) is 79.2 Å². The van der Waals surface area contributed by atoms with E-state index in [1.165, 1.54) is 4.88 Å². The number of aromatic nitrogens is 3. The highest BCUT2D eigenvalue weighted by molar-refractivity contribution is 7.15. The Morgan fingerprint density at radius 3 is 2.41 bits per heavy atom. The number of carbonyl (C=O) groups is 5. The number of benzene rings is 2. The summed E-state index contributed by atoms with van der Waals surface area (Å²) >= 11 is 7.94. The lowest BCUT2D eigenvalue weighted by atomic mass is 9.97. The van der Waals surface area contributed by atoms with Crippen molar-refractivity contribution >= 4 is 63.9 Å². The van der Waals surface area contributed by atoms with E-state index in [0.29, 0.717) is 54.2 Å². The van der Waals surface area contributed by atoms with E-state index < -0.39 is 35.7 Å². The summed E-state index contributed by atoms with van der Waals surface area (Å²) in [7, 11) is 0. The van der Waals surface area contributed by atoms with Crippen LogP contribution in [0.5, 0.6) is 0 Å². The van der Waals surface area contributed by atoms with Crippen LogP contribution in [-0.4, -0.2) is 117 Å². The lowest BCUT2D eigenvalue weighted by molar-refractivity contribution is -0.138. The minimum absolute atomic E-state index is 0.0316. The van der Waals surface area contributed by atoms with E-state index in [1.54, 1.807) is 23.5 Å². The van der Waals surface area contributed by atoms with Crippen LogP contribution >= 0.6 is 22.9 Å². The van der Waals surface area contributed by atoms with Crippen LogP contribution in [0.25, 0.3) is 5.00 Å². The van der Waals surface area contributed by atoms with Crippen molar-refractivity contribution in [2.75, 3.05) is 50.7 Å². The Morgan fingerprint density at radius 1 is 0.929 bits per heavy atom. The molecule has 9 rings (SSSR count). The number of piperidine rings is 1. The van der Waals surface area contributed by atoms with Gasteiger partial charge in [-0.15, -0.1) is 21.5 Å². The summed E-state index contributed by atoms with van der Waals surface area (Å²) in [6, 6.07) is 11.4. The largest absolute Gasteiger partial charge is 0.368 e. The molecule has 3 fully saturated rings. The van der Waals surface area contributed by atoms with E-state index >= 15 is 0 Å². The molecule has 2 aromatic carbocycles. The van der Waals surface area contributed by atoms with Crippen molar-refractivity contribution in [2.45, 2.75) is 52.1 Å². The summed E-state index contributed by atoms with van der Waals surface area (Å²) in [5.41, 5.74) is 5.21. The molecule has 4 aromatic rings. The SMILES string of the molecule is Cc1sc2c(c1C)C(c1ccc(Cl)cc1)=N[C@@H](CC(=O)N1CC(CN3CCN(c4cccc5c4C(=O)N(C4CCC(=O)NC4=O)C5=O)CC3)C1)c1nnc(C)n1-2. The maximum atomic E-state index is 13.9. The predicted molar refractivity (Wildman–Crippen MR) is 210 cm³/mol. The molecule has 5 aliphatic rings. The number of piperazine rings is 1.